The van der Waals surface area contributed by atoms with Gasteiger partial charge in [0.05, 0.1) is 10.0 Å². The van der Waals surface area contributed by atoms with Crippen LogP contribution in [0.1, 0.15) is 11.1 Å². The Kier molecular flexibility index (Phi) is 3.67. The molecule has 0 atom stereocenters. The van der Waals surface area contributed by atoms with E-state index in [2.05, 4.69) is 4.99 Å². The minimum absolute atomic E-state index is 0.174. The van der Waals surface area contributed by atoms with Crippen LogP contribution in [0.15, 0.2) is 47.1 Å². The first-order chi connectivity index (χ1) is 11.6. The topological polar surface area (TPSA) is 57.1 Å². The fraction of sp³-hybridized carbons (Fsp3) is 0.0588. The molecule has 0 saturated heterocycles. The number of aliphatic imine (C=N–C) groups is 1. The molecule has 24 heavy (non-hydrogen) atoms. The smallest absolute Gasteiger partial charge is 0.363 e. The molecular weight excluding hydrogens is 353 g/mol. The van der Waals surface area contributed by atoms with E-state index in [0.29, 0.717) is 32.7 Å². The molecule has 0 radical (unpaired) electrons. The molecule has 7 heteroatoms. The Hall–Kier alpha value is -2.50. The summed E-state index contributed by atoms with van der Waals surface area (Å²) in [6, 6.07) is 10.3. The normalized spacial score (nSPS) is 17.2. The molecule has 0 saturated carbocycles. The molecule has 4 rings (SSSR count). The van der Waals surface area contributed by atoms with Gasteiger partial charge in [-0.25, -0.2) is 9.79 Å². The van der Waals surface area contributed by atoms with Gasteiger partial charge in [-0.2, -0.15) is 0 Å². The molecule has 0 aromatic heterocycles. The Morgan fingerprint density at radius 1 is 1.00 bits per heavy atom. The molecule has 5 nitrogen and oxygen atoms in total. The SMILES string of the molecule is O=C1OC(c2ccc3c(c2)OCO3)=N/C1=C\c1ccc(Cl)c(Cl)c1. The third-order valence-corrected chi connectivity index (χ3v) is 4.23. The van der Waals surface area contributed by atoms with Crippen LogP contribution < -0.4 is 9.47 Å². The number of rotatable bonds is 2. The number of ether oxygens (including phenoxy) is 3. The number of carbonyl (C=O) groups excluding carboxylic acids is 1. The number of nitrogens with zero attached hydrogens (tertiary/aromatic N) is 1. The standard InChI is InChI=1S/C17H9Cl2NO4/c18-11-3-1-9(5-12(11)19)6-13-17(21)24-16(20-13)10-2-4-14-15(7-10)23-8-22-14/h1-7H,8H2/b13-6-. The van der Waals surface area contributed by atoms with Gasteiger partial charge in [-0.15, -0.1) is 0 Å². The fourth-order valence-electron chi connectivity index (χ4n) is 2.32. The highest BCUT2D eigenvalue weighted by molar-refractivity contribution is 6.42. The molecule has 0 aliphatic carbocycles. The molecule has 0 amide bonds. The van der Waals surface area contributed by atoms with Crippen molar-refractivity contribution in [3.05, 3.63) is 63.3 Å². The molecule has 2 aliphatic heterocycles. The van der Waals surface area contributed by atoms with Crippen LogP contribution in [0.2, 0.25) is 10.0 Å². The lowest BCUT2D eigenvalue weighted by Gasteiger charge is -2.01. The number of esters is 1. The Bertz CT molecular complexity index is 921. The van der Waals surface area contributed by atoms with E-state index in [9.17, 15) is 4.79 Å². The third kappa shape index (κ3) is 2.72. The van der Waals surface area contributed by atoms with Gasteiger partial charge in [0, 0.05) is 5.56 Å². The fourth-order valence-corrected chi connectivity index (χ4v) is 2.63. The van der Waals surface area contributed by atoms with Crippen LogP contribution in [0.4, 0.5) is 0 Å². The monoisotopic (exact) mass is 361 g/mol. The van der Waals surface area contributed by atoms with Gasteiger partial charge in [0.2, 0.25) is 12.7 Å². The van der Waals surface area contributed by atoms with Crippen LogP contribution >= 0.6 is 23.2 Å². The zero-order chi connectivity index (χ0) is 16.7. The van der Waals surface area contributed by atoms with Gasteiger partial charge in [-0.1, -0.05) is 29.3 Å². The van der Waals surface area contributed by atoms with Gasteiger partial charge < -0.3 is 14.2 Å². The lowest BCUT2D eigenvalue weighted by atomic mass is 10.2. The number of benzene rings is 2. The molecular formula is C17H9Cl2NO4. The van der Waals surface area contributed by atoms with E-state index in [-0.39, 0.29) is 18.4 Å². The van der Waals surface area contributed by atoms with Crippen LogP contribution in [0.5, 0.6) is 11.5 Å². The van der Waals surface area contributed by atoms with E-state index in [1.807, 2.05) is 0 Å². The summed E-state index contributed by atoms with van der Waals surface area (Å²) in [6.45, 7) is 0.174. The highest BCUT2D eigenvalue weighted by Crippen LogP contribution is 2.33. The maximum Gasteiger partial charge on any atom is 0.363 e. The maximum atomic E-state index is 12.0. The molecule has 0 N–H and O–H groups in total. The van der Waals surface area contributed by atoms with Crippen LogP contribution in [-0.2, 0) is 9.53 Å². The second-order valence-corrected chi connectivity index (χ2v) is 5.89. The largest absolute Gasteiger partial charge is 0.454 e. The Balaban J connectivity index is 1.67. The first-order valence-corrected chi connectivity index (χ1v) is 7.73. The summed E-state index contributed by atoms with van der Waals surface area (Å²) < 4.78 is 15.8. The summed E-state index contributed by atoms with van der Waals surface area (Å²) >= 11 is 11.9. The van der Waals surface area contributed by atoms with Crippen molar-refractivity contribution < 1.29 is 19.0 Å². The van der Waals surface area contributed by atoms with Crippen molar-refractivity contribution in [3.63, 3.8) is 0 Å². The average molecular weight is 362 g/mol. The average Bonchev–Trinajstić information content (AvgIpc) is 3.17. The predicted molar refractivity (Wildman–Crippen MR) is 89.6 cm³/mol. The van der Waals surface area contributed by atoms with Crippen LogP contribution in [0.25, 0.3) is 6.08 Å². The summed E-state index contributed by atoms with van der Waals surface area (Å²) in [7, 11) is 0. The summed E-state index contributed by atoms with van der Waals surface area (Å²) in [4.78, 5) is 16.3. The second kappa shape index (κ2) is 5.85. The number of halogens is 2. The van der Waals surface area contributed by atoms with Crippen molar-refractivity contribution >= 4 is 41.1 Å². The molecule has 0 spiro atoms. The lowest BCUT2D eigenvalue weighted by molar-refractivity contribution is -0.129. The van der Waals surface area contributed by atoms with E-state index in [1.54, 1.807) is 42.5 Å². The van der Waals surface area contributed by atoms with E-state index >= 15 is 0 Å². The minimum atomic E-state index is -0.534. The number of hydrogen-bond acceptors (Lipinski definition) is 5. The summed E-state index contributed by atoms with van der Waals surface area (Å²) in [6.07, 6.45) is 1.59. The molecule has 0 fully saturated rings. The third-order valence-electron chi connectivity index (χ3n) is 3.49. The van der Waals surface area contributed by atoms with Crippen molar-refractivity contribution in [2.75, 3.05) is 6.79 Å². The molecule has 120 valence electrons. The lowest BCUT2D eigenvalue weighted by Crippen LogP contribution is -2.05. The predicted octanol–water partition coefficient (Wildman–Crippen LogP) is 4.07. The highest BCUT2D eigenvalue weighted by Gasteiger charge is 2.25. The van der Waals surface area contributed by atoms with E-state index in [0.717, 1.165) is 0 Å². The summed E-state index contributed by atoms with van der Waals surface area (Å²) in [5.74, 6) is 0.918. The minimum Gasteiger partial charge on any atom is -0.454 e. The van der Waals surface area contributed by atoms with Gasteiger partial charge in [-0.3, -0.25) is 0 Å². The molecule has 0 bridgehead atoms. The van der Waals surface area contributed by atoms with Crippen molar-refractivity contribution in [3.8, 4) is 11.5 Å². The van der Waals surface area contributed by atoms with Crippen LogP contribution in [-0.4, -0.2) is 18.7 Å². The molecule has 2 aromatic rings. The number of hydrogen-bond donors (Lipinski definition) is 0. The van der Waals surface area contributed by atoms with Gasteiger partial charge in [-0.05, 0) is 42.0 Å². The Morgan fingerprint density at radius 3 is 2.67 bits per heavy atom. The number of cyclic esters (lactones) is 1. The van der Waals surface area contributed by atoms with Crippen molar-refractivity contribution in [2.45, 2.75) is 0 Å². The maximum absolute atomic E-state index is 12.0. The van der Waals surface area contributed by atoms with Crippen molar-refractivity contribution in [1.82, 2.24) is 0 Å². The van der Waals surface area contributed by atoms with Gasteiger partial charge in [0.1, 0.15) is 0 Å². The first kappa shape index (κ1) is 15.1. The quantitative estimate of drug-likeness (QED) is 0.597. The van der Waals surface area contributed by atoms with Crippen LogP contribution in [0.3, 0.4) is 0 Å². The summed E-state index contributed by atoms with van der Waals surface area (Å²) in [5.41, 5.74) is 1.51. The zero-order valence-electron chi connectivity index (χ0n) is 12.1. The van der Waals surface area contributed by atoms with E-state index in [4.69, 9.17) is 37.4 Å². The number of fused-ring (bicyclic) bond motifs is 1. The van der Waals surface area contributed by atoms with E-state index < -0.39 is 5.97 Å². The van der Waals surface area contributed by atoms with Crippen molar-refractivity contribution in [2.24, 2.45) is 4.99 Å². The van der Waals surface area contributed by atoms with Gasteiger partial charge in [0.25, 0.3) is 0 Å². The van der Waals surface area contributed by atoms with Gasteiger partial charge >= 0.3 is 5.97 Å². The molecule has 2 aromatic carbocycles. The van der Waals surface area contributed by atoms with Crippen molar-refractivity contribution in [1.29, 1.82) is 0 Å². The zero-order valence-corrected chi connectivity index (χ0v) is 13.6. The molecule has 2 heterocycles. The van der Waals surface area contributed by atoms with Gasteiger partial charge in [0.15, 0.2) is 17.2 Å². The second-order valence-electron chi connectivity index (χ2n) is 5.08. The molecule has 0 unspecified atom stereocenters. The molecule has 2 aliphatic rings. The Morgan fingerprint density at radius 2 is 1.83 bits per heavy atom. The van der Waals surface area contributed by atoms with Crippen LogP contribution in [0, 0.1) is 0 Å². The van der Waals surface area contributed by atoms with E-state index in [1.165, 1.54) is 0 Å². The highest BCUT2D eigenvalue weighted by atomic mass is 35.5. The first-order valence-electron chi connectivity index (χ1n) is 6.98. The Labute approximate surface area is 147 Å². The number of carbonyl (C=O) groups is 1. The summed E-state index contributed by atoms with van der Waals surface area (Å²) in [5, 5.41) is 0.842.